The molecule has 0 radical (unpaired) electrons. The van der Waals surface area contributed by atoms with E-state index in [2.05, 4.69) is 0 Å². The largest absolute Gasteiger partial charge is 0.489 e. The second kappa shape index (κ2) is 7.27. The summed E-state index contributed by atoms with van der Waals surface area (Å²) in [7, 11) is 1.73. The number of hydrogen-bond donors (Lipinski definition) is 0. The van der Waals surface area contributed by atoms with Crippen molar-refractivity contribution in [2.75, 3.05) is 13.6 Å². The van der Waals surface area contributed by atoms with Crippen LogP contribution in [0.4, 0.5) is 4.39 Å². The molecule has 5 heteroatoms. The van der Waals surface area contributed by atoms with Crippen molar-refractivity contribution in [2.24, 2.45) is 0 Å². The molecule has 2 aromatic carbocycles. The molecule has 2 aromatic rings. The molecule has 0 fully saturated rings. The van der Waals surface area contributed by atoms with Gasteiger partial charge in [-0.15, -0.1) is 0 Å². The molecular formula is C17H17ClFNO2. The van der Waals surface area contributed by atoms with Crippen molar-refractivity contribution in [2.45, 2.75) is 13.5 Å². The third-order valence-corrected chi connectivity index (χ3v) is 3.70. The average molecular weight is 322 g/mol. The van der Waals surface area contributed by atoms with E-state index in [4.69, 9.17) is 16.3 Å². The van der Waals surface area contributed by atoms with Crippen molar-refractivity contribution in [3.05, 3.63) is 64.4 Å². The maximum absolute atomic E-state index is 13.7. The monoisotopic (exact) mass is 321 g/mol. The normalized spacial score (nSPS) is 10.4. The number of halogens is 2. The smallest absolute Gasteiger partial charge is 0.253 e. The van der Waals surface area contributed by atoms with Crippen LogP contribution in [0, 0.1) is 5.82 Å². The van der Waals surface area contributed by atoms with Crippen LogP contribution in [-0.2, 0) is 6.61 Å². The summed E-state index contributed by atoms with van der Waals surface area (Å²) in [5.74, 6) is -0.00278. The number of nitrogens with zero attached hydrogens (tertiary/aromatic N) is 1. The predicted molar refractivity (Wildman–Crippen MR) is 84.8 cm³/mol. The number of ether oxygens (including phenoxy) is 1. The van der Waals surface area contributed by atoms with Gasteiger partial charge in [0.2, 0.25) is 0 Å². The quantitative estimate of drug-likeness (QED) is 0.828. The molecule has 0 heterocycles. The molecule has 3 nitrogen and oxygen atoms in total. The molecule has 0 aliphatic carbocycles. The molecule has 0 aliphatic rings. The Balaban J connectivity index is 2.13. The Hall–Kier alpha value is -2.07. The lowest BCUT2D eigenvalue weighted by Crippen LogP contribution is -2.26. The summed E-state index contributed by atoms with van der Waals surface area (Å²) < 4.78 is 19.2. The third kappa shape index (κ3) is 3.77. The maximum atomic E-state index is 13.7. The number of hydrogen-bond acceptors (Lipinski definition) is 2. The van der Waals surface area contributed by atoms with E-state index in [0.29, 0.717) is 28.4 Å². The van der Waals surface area contributed by atoms with Gasteiger partial charge >= 0.3 is 0 Å². The van der Waals surface area contributed by atoms with Gasteiger partial charge in [0.25, 0.3) is 5.91 Å². The van der Waals surface area contributed by atoms with Crippen molar-refractivity contribution in [3.63, 3.8) is 0 Å². The van der Waals surface area contributed by atoms with Crippen molar-refractivity contribution < 1.29 is 13.9 Å². The van der Waals surface area contributed by atoms with Crippen LogP contribution in [0.5, 0.6) is 5.75 Å². The van der Waals surface area contributed by atoms with E-state index in [1.54, 1.807) is 48.3 Å². The lowest BCUT2D eigenvalue weighted by atomic mass is 10.2. The highest BCUT2D eigenvalue weighted by Gasteiger charge is 2.12. The SMILES string of the molecule is CCN(C)C(=O)c1cccc(OCc2c(F)cccc2Cl)c1. The van der Waals surface area contributed by atoms with Crippen LogP contribution in [0.25, 0.3) is 0 Å². The van der Waals surface area contributed by atoms with E-state index in [1.165, 1.54) is 6.07 Å². The Morgan fingerprint density at radius 2 is 2.00 bits per heavy atom. The Bertz CT molecular complexity index is 655. The molecule has 22 heavy (non-hydrogen) atoms. The predicted octanol–water partition coefficient (Wildman–Crippen LogP) is 4.15. The van der Waals surface area contributed by atoms with E-state index in [9.17, 15) is 9.18 Å². The molecule has 2 rings (SSSR count). The molecule has 116 valence electrons. The van der Waals surface area contributed by atoms with Gasteiger partial charge in [-0.25, -0.2) is 4.39 Å². The number of carbonyl (C=O) groups excluding carboxylic acids is 1. The van der Waals surface area contributed by atoms with Gasteiger partial charge in [-0.2, -0.15) is 0 Å². The van der Waals surface area contributed by atoms with Gasteiger partial charge in [0, 0.05) is 24.7 Å². The van der Waals surface area contributed by atoms with Crippen molar-refractivity contribution >= 4 is 17.5 Å². The summed E-state index contributed by atoms with van der Waals surface area (Å²) in [5, 5.41) is 0.318. The first kappa shape index (κ1) is 16.3. The Kier molecular flexibility index (Phi) is 5.39. The minimum Gasteiger partial charge on any atom is -0.489 e. The first-order valence-corrected chi connectivity index (χ1v) is 7.32. The van der Waals surface area contributed by atoms with Crippen LogP contribution < -0.4 is 4.74 Å². The number of amides is 1. The third-order valence-electron chi connectivity index (χ3n) is 3.35. The average Bonchev–Trinajstić information content (AvgIpc) is 2.53. The van der Waals surface area contributed by atoms with Gasteiger partial charge in [-0.05, 0) is 37.3 Å². The fourth-order valence-corrected chi connectivity index (χ4v) is 2.13. The molecule has 0 aromatic heterocycles. The minimum absolute atomic E-state index is 0.00671. The zero-order valence-electron chi connectivity index (χ0n) is 12.5. The number of carbonyl (C=O) groups is 1. The second-order valence-electron chi connectivity index (χ2n) is 4.84. The lowest BCUT2D eigenvalue weighted by molar-refractivity contribution is 0.0802. The Labute approximate surface area is 134 Å². The first-order valence-electron chi connectivity index (χ1n) is 6.94. The van der Waals surface area contributed by atoms with Crippen molar-refractivity contribution in [1.82, 2.24) is 4.90 Å². The molecule has 0 saturated heterocycles. The van der Waals surface area contributed by atoms with Gasteiger partial charge in [-0.1, -0.05) is 23.7 Å². The molecule has 0 saturated carbocycles. The molecule has 0 spiro atoms. The van der Waals surface area contributed by atoms with Gasteiger partial charge in [0.15, 0.2) is 0 Å². The first-order chi connectivity index (χ1) is 10.5. The van der Waals surface area contributed by atoms with Gasteiger partial charge in [0.1, 0.15) is 18.2 Å². The van der Waals surface area contributed by atoms with Crippen molar-refractivity contribution in [1.29, 1.82) is 0 Å². The zero-order chi connectivity index (χ0) is 16.1. The van der Waals surface area contributed by atoms with Gasteiger partial charge in [-0.3, -0.25) is 4.79 Å². The van der Waals surface area contributed by atoms with Crippen LogP contribution in [0.3, 0.4) is 0 Å². The minimum atomic E-state index is -0.412. The summed E-state index contributed by atoms with van der Waals surface area (Å²) in [4.78, 5) is 13.7. The molecule has 0 aliphatic heterocycles. The summed E-state index contributed by atoms with van der Waals surface area (Å²) in [6.45, 7) is 2.53. The van der Waals surface area contributed by atoms with Gasteiger partial charge in [0.05, 0.1) is 5.02 Å². The summed E-state index contributed by atoms with van der Waals surface area (Å²) in [6, 6.07) is 11.3. The van der Waals surface area contributed by atoms with Crippen LogP contribution in [0.2, 0.25) is 5.02 Å². The molecule has 1 amide bonds. The molecule has 0 bridgehead atoms. The zero-order valence-corrected chi connectivity index (χ0v) is 13.2. The van der Waals surface area contributed by atoms with Gasteiger partial charge < -0.3 is 9.64 Å². The van der Waals surface area contributed by atoms with E-state index in [-0.39, 0.29) is 12.5 Å². The van der Waals surface area contributed by atoms with E-state index in [1.807, 2.05) is 6.92 Å². The van der Waals surface area contributed by atoms with Crippen LogP contribution in [0.1, 0.15) is 22.8 Å². The lowest BCUT2D eigenvalue weighted by Gasteiger charge is -2.15. The number of benzene rings is 2. The highest BCUT2D eigenvalue weighted by molar-refractivity contribution is 6.31. The Morgan fingerprint density at radius 1 is 1.27 bits per heavy atom. The molecular weight excluding hydrogens is 305 g/mol. The summed E-state index contributed by atoms with van der Waals surface area (Å²) in [6.07, 6.45) is 0. The second-order valence-corrected chi connectivity index (χ2v) is 5.24. The van der Waals surface area contributed by atoms with Crippen molar-refractivity contribution in [3.8, 4) is 5.75 Å². The highest BCUT2D eigenvalue weighted by Crippen LogP contribution is 2.22. The fraction of sp³-hybridized carbons (Fsp3) is 0.235. The van der Waals surface area contributed by atoms with Crippen LogP contribution in [0.15, 0.2) is 42.5 Å². The van der Waals surface area contributed by atoms with Crippen LogP contribution >= 0.6 is 11.6 Å². The standard InChI is InChI=1S/C17H17ClFNO2/c1-3-20(2)17(21)12-6-4-7-13(10-12)22-11-14-15(18)8-5-9-16(14)19/h4-10H,3,11H2,1-2H3. The molecule has 0 atom stereocenters. The summed E-state index contributed by atoms with van der Waals surface area (Å²) >= 11 is 5.96. The maximum Gasteiger partial charge on any atom is 0.253 e. The Morgan fingerprint density at radius 3 is 2.68 bits per heavy atom. The fourth-order valence-electron chi connectivity index (χ4n) is 1.91. The van der Waals surface area contributed by atoms with E-state index < -0.39 is 5.82 Å². The van der Waals surface area contributed by atoms with Crippen LogP contribution in [-0.4, -0.2) is 24.4 Å². The van der Waals surface area contributed by atoms with E-state index in [0.717, 1.165) is 0 Å². The molecule has 0 N–H and O–H groups in total. The molecule has 0 unspecified atom stereocenters. The van der Waals surface area contributed by atoms with E-state index >= 15 is 0 Å². The highest BCUT2D eigenvalue weighted by atomic mass is 35.5. The topological polar surface area (TPSA) is 29.5 Å². The summed E-state index contributed by atoms with van der Waals surface area (Å²) in [5.41, 5.74) is 0.827. The number of rotatable bonds is 5.